The van der Waals surface area contributed by atoms with Crippen LogP contribution in [-0.2, 0) is 4.79 Å². The van der Waals surface area contributed by atoms with Crippen molar-refractivity contribution in [3.8, 4) is 0 Å². The highest BCUT2D eigenvalue weighted by Gasteiger charge is 2.44. The van der Waals surface area contributed by atoms with Crippen LogP contribution in [0, 0.1) is 5.92 Å². The van der Waals surface area contributed by atoms with E-state index in [1.807, 2.05) is 6.92 Å². The first-order valence-electron chi connectivity index (χ1n) is 6.15. The Morgan fingerprint density at radius 1 is 1.40 bits per heavy atom. The number of carbonyl (C=O) groups is 1. The Bertz CT molecular complexity index is 287. The Hall–Kier alpha value is -0.630. The van der Waals surface area contributed by atoms with Gasteiger partial charge in [-0.15, -0.1) is 0 Å². The second kappa shape index (κ2) is 4.09. The molecule has 0 heterocycles. The first-order valence-corrected chi connectivity index (χ1v) is 6.15. The summed E-state index contributed by atoms with van der Waals surface area (Å²) in [5.41, 5.74) is 6.57. The first-order chi connectivity index (χ1) is 7.12. The minimum atomic E-state index is -0.587. The van der Waals surface area contributed by atoms with Gasteiger partial charge in [-0.1, -0.05) is 12.5 Å². The third-order valence-electron chi connectivity index (χ3n) is 3.75. The summed E-state index contributed by atoms with van der Waals surface area (Å²) < 4.78 is 0. The highest BCUT2D eigenvalue weighted by atomic mass is 16.1. The molecule has 0 spiro atoms. The van der Waals surface area contributed by atoms with Crippen molar-refractivity contribution < 1.29 is 4.79 Å². The number of Topliss-reactive ketones (excluding diaryl/α,β-unsaturated/α-hetero) is 1. The Morgan fingerprint density at radius 3 is 2.80 bits per heavy atom. The van der Waals surface area contributed by atoms with Crippen LogP contribution >= 0.6 is 0 Å². The van der Waals surface area contributed by atoms with Gasteiger partial charge in [0.1, 0.15) is 0 Å². The lowest BCUT2D eigenvalue weighted by Gasteiger charge is -2.24. The number of nitrogens with two attached hydrogens (primary N) is 1. The predicted octanol–water partition coefficient (Wildman–Crippen LogP) is 2.57. The van der Waals surface area contributed by atoms with Crippen LogP contribution in [0.1, 0.15) is 51.9 Å². The van der Waals surface area contributed by atoms with E-state index in [4.69, 9.17) is 5.73 Å². The molecule has 0 aromatic heterocycles. The zero-order valence-electron chi connectivity index (χ0n) is 9.59. The molecule has 1 unspecified atom stereocenters. The zero-order chi connectivity index (χ0) is 10.9. The number of hydrogen-bond donors (Lipinski definition) is 1. The molecule has 0 bridgehead atoms. The smallest absolute Gasteiger partial charge is 0.178 e. The van der Waals surface area contributed by atoms with Crippen molar-refractivity contribution in [1.29, 1.82) is 0 Å². The monoisotopic (exact) mass is 207 g/mol. The van der Waals surface area contributed by atoms with Crippen LogP contribution in [0.3, 0.4) is 0 Å². The van der Waals surface area contributed by atoms with Crippen LogP contribution in [-0.4, -0.2) is 11.3 Å². The summed E-state index contributed by atoms with van der Waals surface area (Å²) in [5.74, 6) is 0.654. The first kappa shape index (κ1) is 10.9. The summed E-state index contributed by atoms with van der Waals surface area (Å²) in [6, 6.07) is 0. The van der Waals surface area contributed by atoms with Crippen molar-refractivity contribution in [3.05, 3.63) is 11.6 Å². The molecule has 0 amide bonds. The molecule has 0 aromatic carbocycles. The lowest BCUT2D eigenvalue weighted by Crippen LogP contribution is -2.47. The maximum absolute atomic E-state index is 12.3. The fourth-order valence-electron chi connectivity index (χ4n) is 2.44. The van der Waals surface area contributed by atoms with Crippen molar-refractivity contribution in [1.82, 2.24) is 0 Å². The van der Waals surface area contributed by atoms with Crippen LogP contribution in [0.2, 0.25) is 0 Å². The predicted molar refractivity (Wildman–Crippen MR) is 61.5 cm³/mol. The zero-order valence-corrected chi connectivity index (χ0v) is 9.59. The number of allylic oxidation sites excluding steroid dienone is 1. The number of hydrogen-bond acceptors (Lipinski definition) is 2. The van der Waals surface area contributed by atoms with E-state index in [-0.39, 0.29) is 5.78 Å². The highest BCUT2D eigenvalue weighted by molar-refractivity contribution is 6.02. The van der Waals surface area contributed by atoms with Crippen LogP contribution in [0.4, 0.5) is 0 Å². The molecular weight excluding hydrogens is 186 g/mol. The number of ketones is 1. The van der Waals surface area contributed by atoms with Gasteiger partial charge in [0.25, 0.3) is 0 Å². The van der Waals surface area contributed by atoms with Gasteiger partial charge in [-0.3, -0.25) is 4.79 Å². The van der Waals surface area contributed by atoms with Gasteiger partial charge in [-0.2, -0.15) is 0 Å². The molecule has 2 nitrogen and oxygen atoms in total. The van der Waals surface area contributed by atoms with E-state index in [0.29, 0.717) is 5.92 Å². The SMILES string of the molecule is CC(N)(C(=O)C1=CCCCCC1)C1CC1. The molecule has 15 heavy (non-hydrogen) atoms. The Kier molecular flexibility index (Phi) is 2.96. The van der Waals surface area contributed by atoms with E-state index in [9.17, 15) is 4.79 Å². The van der Waals surface area contributed by atoms with Gasteiger partial charge in [0.2, 0.25) is 0 Å². The van der Waals surface area contributed by atoms with Gasteiger partial charge >= 0.3 is 0 Å². The van der Waals surface area contributed by atoms with Crippen LogP contribution < -0.4 is 5.73 Å². The average molecular weight is 207 g/mol. The highest BCUT2D eigenvalue weighted by Crippen LogP contribution is 2.40. The molecule has 0 radical (unpaired) electrons. The van der Waals surface area contributed by atoms with Crippen molar-refractivity contribution >= 4 is 5.78 Å². The van der Waals surface area contributed by atoms with Gasteiger partial charge in [0.05, 0.1) is 5.54 Å². The molecule has 0 aliphatic heterocycles. The molecule has 2 aliphatic carbocycles. The normalized spacial score (nSPS) is 26.4. The summed E-state index contributed by atoms with van der Waals surface area (Å²) in [6.45, 7) is 1.92. The largest absolute Gasteiger partial charge is 0.319 e. The summed E-state index contributed by atoms with van der Waals surface area (Å²) in [5, 5.41) is 0. The minimum Gasteiger partial charge on any atom is -0.319 e. The summed E-state index contributed by atoms with van der Waals surface area (Å²) in [6.07, 6.45) is 10.0. The van der Waals surface area contributed by atoms with Crippen LogP contribution in [0.5, 0.6) is 0 Å². The van der Waals surface area contributed by atoms with E-state index < -0.39 is 5.54 Å². The molecular formula is C13H21NO. The lowest BCUT2D eigenvalue weighted by atomic mass is 9.86. The van der Waals surface area contributed by atoms with E-state index in [0.717, 1.165) is 37.7 Å². The molecule has 2 heteroatoms. The average Bonchev–Trinajstić information content (AvgIpc) is 3.03. The van der Waals surface area contributed by atoms with Gasteiger partial charge < -0.3 is 5.73 Å². The van der Waals surface area contributed by atoms with Crippen LogP contribution in [0.15, 0.2) is 11.6 Å². The van der Waals surface area contributed by atoms with Crippen molar-refractivity contribution in [3.63, 3.8) is 0 Å². The van der Waals surface area contributed by atoms with Crippen molar-refractivity contribution in [2.24, 2.45) is 11.7 Å². The number of carbonyl (C=O) groups excluding carboxylic acids is 1. The maximum Gasteiger partial charge on any atom is 0.178 e. The van der Waals surface area contributed by atoms with Gasteiger partial charge in [-0.05, 0) is 56.9 Å². The molecule has 1 fully saturated rings. The molecule has 0 aromatic rings. The van der Waals surface area contributed by atoms with E-state index in [1.165, 1.54) is 12.8 Å². The molecule has 1 atom stereocenters. The molecule has 2 aliphatic rings. The standard InChI is InChI=1S/C13H21NO/c1-13(14,11-8-9-11)12(15)10-6-4-2-3-5-7-10/h6,11H,2-5,7-9,14H2,1H3. The molecule has 1 saturated carbocycles. The summed E-state index contributed by atoms with van der Waals surface area (Å²) >= 11 is 0. The third-order valence-corrected chi connectivity index (χ3v) is 3.75. The second-order valence-corrected chi connectivity index (χ2v) is 5.21. The van der Waals surface area contributed by atoms with Crippen LogP contribution in [0.25, 0.3) is 0 Å². The van der Waals surface area contributed by atoms with E-state index in [1.54, 1.807) is 0 Å². The molecule has 2 rings (SSSR count). The van der Waals surface area contributed by atoms with Gasteiger partial charge in [0.15, 0.2) is 5.78 Å². The van der Waals surface area contributed by atoms with Crippen molar-refractivity contribution in [2.75, 3.05) is 0 Å². The van der Waals surface area contributed by atoms with Gasteiger partial charge in [-0.25, -0.2) is 0 Å². The minimum absolute atomic E-state index is 0.215. The maximum atomic E-state index is 12.3. The second-order valence-electron chi connectivity index (χ2n) is 5.21. The summed E-state index contributed by atoms with van der Waals surface area (Å²) in [7, 11) is 0. The van der Waals surface area contributed by atoms with Gasteiger partial charge in [0, 0.05) is 0 Å². The van der Waals surface area contributed by atoms with E-state index >= 15 is 0 Å². The fraction of sp³-hybridized carbons (Fsp3) is 0.769. The Morgan fingerprint density at radius 2 is 2.13 bits per heavy atom. The topological polar surface area (TPSA) is 43.1 Å². The Balaban J connectivity index is 2.08. The quantitative estimate of drug-likeness (QED) is 0.773. The number of rotatable bonds is 3. The third kappa shape index (κ3) is 2.31. The molecule has 0 saturated heterocycles. The molecule has 84 valence electrons. The van der Waals surface area contributed by atoms with E-state index in [2.05, 4.69) is 6.08 Å². The molecule has 2 N–H and O–H groups in total. The van der Waals surface area contributed by atoms with Crippen molar-refractivity contribution in [2.45, 2.75) is 57.4 Å². The lowest BCUT2D eigenvalue weighted by molar-refractivity contribution is -0.120. The summed E-state index contributed by atoms with van der Waals surface area (Å²) in [4.78, 5) is 12.3. The fourth-order valence-corrected chi connectivity index (χ4v) is 2.44. The Labute approximate surface area is 91.9 Å².